The second-order valence-electron chi connectivity index (χ2n) is 6.25. The molecule has 1 aliphatic rings. The smallest absolute Gasteiger partial charge is 0.164 e. The van der Waals surface area contributed by atoms with Crippen LogP contribution in [0.5, 0.6) is 11.5 Å². The van der Waals surface area contributed by atoms with E-state index in [4.69, 9.17) is 20.3 Å². The van der Waals surface area contributed by atoms with Crippen LogP contribution in [-0.2, 0) is 0 Å². The number of benzene rings is 1. The van der Waals surface area contributed by atoms with E-state index in [1.807, 2.05) is 16.8 Å². The zero-order valence-electron chi connectivity index (χ0n) is 15.2. The monoisotopic (exact) mass is 364 g/mol. The lowest BCUT2D eigenvalue weighted by molar-refractivity contribution is 0.394. The standard InChI is InChI=1S/C19H20N6O2/c1-26-14-7-12(8-15(9-14)27-2)3-4-16-17-18(20)22-11-23-19(17)25(24-16)13-5-6-21-10-13/h7-9,11,13,21H,5-6,10H2,1-2H3,(H2,20,22,23)/t13-/m0/s1. The Balaban J connectivity index is 1.80. The Bertz CT molecular complexity index is 1020. The Hall–Kier alpha value is -3.31. The van der Waals surface area contributed by atoms with Crippen molar-refractivity contribution in [1.29, 1.82) is 0 Å². The van der Waals surface area contributed by atoms with Crippen LogP contribution < -0.4 is 20.5 Å². The van der Waals surface area contributed by atoms with Gasteiger partial charge in [-0.3, -0.25) is 0 Å². The number of fused-ring (bicyclic) bond motifs is 1. The number of nitrogens with two attached hydrogens (primary N) is 1. The number of ether oxygens (including phenoxy) is 2. The molecule has 3 N–H and O–H groups in total. The molecule has 8 nitrogen and oxygen atoms in total. The van der Waals surface area contributed by atoms with Gasteiger partial charge >= 0.3 is 0 Å². The summed E-state index contributed by atoms with van der Waals surface area (Å²) in [5.41, 5.74) is 8.14. The summed E-state index contributed by atoms with van der Waals surface area (Å²) in [5, 5.41) is 8.72. The first kappa shape index (κ1) is 17.1. The van der Waals surface area contributed by atoms with Gasteiger partial charge in [0.25, 0.3) is 0 Å². The fourth-order valence-corrected chi connectivity index (χ4v) is 3.20. The third kappa shape index (κ3) is 3.25. The maximum atomic E-state index is 6.10. The van der Waals surface area contributed by atoms with Crippen LogP contribution in [0.2, 0.25) is 0 Å². The van der Waals surface area contributed by atoms with Gasteiger partial charge in [-0.2, -0.15) is 5.10 Å². The minimum atomic E-state index is 0.231. The molecule has 1 fully saturated rings. The molecule has 4 rings (SSSR count). The molecule has 1 aliphatic heterocycles. The van der Waals surface area contributed by atoms with E-state index in [0.29, 0.717) is 34.0 Å². The van der Waals surface area contributed by atoms with E-state index in [9.17, 15) is 0 Å². The van der Waals surface area contributed by atoms with Crippen LogP contribution in [0.25, 0.3) is 11.0 Å². The fourth-order valence-electron chi connectivity index (χ4n) is 3.20. The summed E-state index contributed by atoms with van der Waals surface area (Å²) < 4.78 is 12.5. The number of aromatic nitrogens is 4. The molecule has 8 heteroatoms. The van der Waals surface area contributed by atoms with Crippen molar-refractivity contribution in [2.45, 2.75) is 12.5 Å². The first-order chi connectivity index (χ1) is 13.2. The number of nitrogens with one attached hydrogen (secondary N) is 1. The van der Waals surface area contributed by atoms with Crippen molar-refractivity contribution in [1.82, 2.24) is 25.1 Å². The zero-order chi connectivity index (χ0) is 18.8. The summed E-state index contributed by atoms with van der Waals surface area (Å²) >= 11 is 0. The maximum absolute atomic E-state index is 6.10. The van der Waals surface area contributed by atoms with Crippen LogP contribution in [0, 0.1) is 11.8 Å². The summed E-state index contributed by atoms with van der Waals surface area (Å²) in [4.78, 5) is 8.50. The quantitative estimate of drug-likeness (QED) is 0.677. The molecule has 0 amide bonds. The van der Waals surface area contributed by atoms with Crippen molar-refractivity contribution >= 4 is 16.9 Å². The Labute approximate surface area is 156 Å². The average molecular weight is 364 g/mol. The molecular weight excluding hydrogens is 344 g/mol. The van der Waals surface area contributed by atoms with E-state index in [2.05, 4.69) is 27.1 Å². The van der Waals surface area contributed by atoms with Gasteiger partial charge in [0.05, 0.1) is 25.6 Å². The number of nitrogens with zero attached hydrogens (tertiary/aromatic N) is 4. The zero-order valence-corrected chi connectivity index (χ0v) is 15.2. The Morgan fingerprint density at radius 2 is 1.93 bits per heavy atom. The average Bonchev–Trinajstić information content (AvgIpc) is 3.34. The number of rotatable bonds is 3. The predicted octanol–water partition coefficient (Wildman–Crippen LogP) is 1.36. The third-order valence-corrected chi connectivity index (χ3v) is 4.57. The second kappa shape index (κ2) is 7.13. The number of hydrogen-bond donors (Lipinski definition) is 2. The van der Waals surface area contributed by atoms with Gasteiger partial charge in [0.15, 0.2) is 5.65 Å². The molecule has 2 aromatic heterocycles. The van der Waals surface area contributed by atoms with Gasteiger partial charge in [0.2, 0.25) is 0 Å². The molecule has 138 valence electrons. The summed E-state index contributed by atoms with van der Waals surface area (Å²) in [7, 11) is 3.21. The molecular formula is C19H20N6O2. The number of hydrogen-bond acceptors (Lipinski definition) is 7. The summed E-state index contributed by atoms with van der Waals surface area (Å²) in [5.74, 6) is 7.97. The number of nitrogen functional groups attached to an aromatic ring is 1. The van der Waals surface area contributed by atoms with Crippen molar-refractivity contribution in [2.24, 2.45) is 0 Å². The highest BCUT2D eigenvalue weighted by Crippen LogP contribution is 2.26. The van der Waals surface area contributed by atoms with Crippen molar-refractivity contribution in [2.75, 3.05) is 33.0 Å². The molecule has 0 spiro atoms. The molecule has 3 aromatic rings. The van der Waals surface area contributed by atoms with Gasteiger partial charge in [-0.05, 0) is 31.0 Å². The molecule has 0 aliphatic carbocycles. The van der Waals surface area contributed by atoms with Crippen molar-refractivity contribution in [3.63, 3.8) is 0 Å². The van der Waals surface area contributed by atoms with Gasteiger partial charge in [-0.15, -0.1) is 0 Å². The molecule has 0 radical (unpaired) electrons. The molecule has 0 bridgehead atoms. The summed E-state index contributed by atoms with van der Waals surface area (Å²) in [6.07, 6.45) is 2.45. The SMILES string of the molecule is COc1cc(C#Cc2nn([C@H]3CCNC3)c3ncnc(N)c23)cc(OC)c1. The summed E-state index contributed by atoms with van der Waals surface area (Å²) in [6, 6.07) is 5.72. The van der Waals surface area contributed by atoms with Gasteiger partial charge in [0, 0.05) is 18.2 Å². The van der Waals surface area contributed by atoms with Crippen LogP contribution in [-0.4, -0.2) is 47.1 Å². The van der Waals surface area contributed by atoms with E-state index in [1.54, 1.807) is 20.3 Å². The van der Waals surface area contributed by atoms with E-state index in [-0.39, 0.29) is 6.04 Å². The maximum Gasteiger partial charge on any atom is 0.164 e. The number of methoxy groups -OCH3 is 2. The molecule has 0 unspecified atom stereocenters. The molecule has 3 heterocycles. The van der Waals surface area contributed by atoms with Crippen LogP contribution in [0.3, 0.4) is 0 Å². The second-order valence-corrected chi connectivity index (χ2v) is 6.25. The molecule has 27 heavy (non-hydrogen) atoms. The van der Waals surface area contributed by atoms with Crippen molar-refractivity contribution < 1.29 is 9.47 Å². The first-order valence-corrected chi connectivity index (χ1v) is 8.64. The lowest BCUT2D eigenvalue weighted by Gasteiger charge is -2.09. The lowest BCUT2D eigenvalue weighted by Crippen LogP contribution is -2.15. The third-order valence-electron chi connectivity index (χ3n) is 4.57. The van der Waals surface area contributed by atoms with E-state index < -0.39 is 0 Å². The Morgan fingerprint density at radius 3 is 2.59 bits per heavy atom. The Morgan fingerprint density at radius 1 is 1.15 bits per heavy atom. The van der Waals surface area contributed by atoms with Gasteiger partial charge in [-0.25, -0.2) is 14.6 Å². The molecule has 1 aromatic carbocycles. The minimum Gasteiger partial charge on any atom is -0.497 e. The number of anilines is 1. The van der Waals surface area contributed by atoms with Gasteiger partial charge in [-0.1, -0.05) is 5.92 Å². The first-order valence-electron chi connectivity index (χ1n) is 8.64. The van der Waals surface area contributed by atoms with Crippen LogP contribution >= 0.6 is 0 Å². The van der Waals surface area contributed by atoms with Crippen LogP contribution in [0.1, 0.15) is 23.7 Å². The Kier molecular flexibility index (Phi) is 4.52. The van der Waals surface area contributed by atoms with Crippen molar-refractivity contribution in [3.8, 4) is 23.3 Å². The molecule has 1 saturated heterocycles. The van der Waals surface area contributed by atoms with Crippen LogP contribution in [0.15, 0.2) is 24.5 Å². The van der Waals surface area contributed by atoms with E-state index in [0.717, 1.165) is 25.1 Å². The molecule has 0 saturated carbocycles. The minimum absolute atomic E-state index is 0.231. The topological polar surface area (TPSA) is 100 Å². The van der Waals surface area contributed by atoms with Crippen molar-refractivity contribution in [3.05, 3.63) is 35.8 Å². The van der Waals surface area contributed by atoms with E-state index in [1.165, 1.54) is 6.33 Å². The highest BCUT2D eigenvalue weighted by atomic mass is 16.5. The fraction of sp³-hybridized carbons (Fsp3) is 0.316. The van der Waals surface area contributed by atoms with Gasteiger partial charge in [0.1, 0.15) is 29.3 Å². The molecule has 1 atom stereocenters. The normalized spacial score (nSPS) is 16.1. The van der Waals surface area contributed by atoms with Gasteiger partial charge < -0.3 is 20.5 Å². The van der Waals surface area contributed by atoms with E-state index >= 15 is 0 Å². The highest BCUT2D eigenvalue weighted by molar-refractivity contribution is 5.90. The van der Waals surface area contributed by atoms with Crippen LogP contribution in [0.4, 0.5) is 5.82 Å². The summed E-state index contributed by atoms with van der Waals surface area (Å²) in [6.45, 7) is 1.80. The highest BCUT2D eigenvalue weighted by Gasteiger charge is 2.23. The predicted molar refractivity (Wildman–Crippen MR) is 102 cm³/mol. The lowest BCUT2D eigenvalue weighted by atomic mass is 10.2. The largest absolute Gasteiger partial charge is 0.497 e.